The zero-order valence-corrected chi connectivity index (χ0v) is 15.9. The van der Waals surface area contributed by atoms with Gasteiger partial charge >= 0.3 is 0 Å². The van der Waals surface area contributed by atoms with Crippen LogP contribution in [0.25, 0.3) is 11.0 Å². The fraction of sp³-hybridized carbons (Fsp3) is 0.381. The third-order valence-electron chi connectivity index (χ3n) is 5.46. The Bertz CT molecular complexity index is 956. The standard InChI is InChI=1S/C21H25N5O/c1-15-7-8-20-19(13-15)23-24-26(20)17-9-11-25(12-10-17)14-21(27)22-18-6-4-3-5-16(18)2/h3-8,13,17H,9-12,14H2,1-2H3,(H,22,27)/p+1. The van der Waals surface area contributed by atoms with E-state index in [1.165, 1.54) is 10.5 Å². The van der Waals surface area contributed by atoms with E-state index in [1.54, 1.807) is 0 Å². The zero-order valence-electron chi connectivity index (χ0n) is 15.9. The lowest BCUT2D eigenvalue weighted by Crippen LogP contribution is -3.14. The lowest BCUT2D eigenvalue weighted by atomic mass is 10.0. The summed E-state index contributed by atoms with van der Waals surface area (Å²) in [5.74, 6) is 0.0828. The van der Waals surface area contributed by atoms with E-state index in [4.69, 9.17) is 0 Å². The van der Waals surface area contributed by atoms with Gasteiger partial charge in [-0.2, -0.15) is 0 Å². The molecule has 2 aromatic carbocycles. The molecule has 1 aromatic heterocycles. The maximum absolute atomic E-state index is 12.4. The molecule has 2 heterocycles. The Morgan fingerprint density at radius 3 is 2.74 bits per heavy atom. The number of likely N-dealkylation sites (tertiary alicyclic amines) is 1. The minimum absolute atomic E-state index is 0.0828. The molecule has 1 aliphatic heterocycles. The Hall–Kier alpha value is -2.73. The van der Waals surface area contributed by atoms with Crippen molar-refractivity contribution in [3.63, 3.8) is 0 Å². The second kappa shape index (κ2) is 7.48. The van der Waals surface area contributed by atoms with Gasteiger partial charge in [0.1, 0.15) is 5.52 Å². The number of nitrogens with one attached hydrogen (secondary N) is 2. The Morgan fingerprint density at radius 1 is 1.19 bits per heavy atom. The van der Waals surface area contributed by atoms with Gasteiger partial charge in [0.2, 0.25) is 0 Å². The van der Waals surface area contributed by atoms with Crippen LogP contribution in [0.1, 0.15) is 30.0 Å². The molecule has 6 heteroatoms. The van der Waals surface area contributed by atoms with Crippen molar-refractivity contribution in [2.45, 2.75) is 32.7 Å². The summed E-state index contributed by atoms with van der Waals surface area (Å²) in [6, 6.07) is 14.6. The second-order valence-corrected chi connectivity index (χ2v) is 7.55. The number of carbonyl (C=O) groups is 1. The van der Waals surface area contributed by atoms with Crippen LogP contribution in [-0.2, 0) is 4.79 Å². The maximum atomic E-state index is 12.4. The Balaban J connectivity index is 1.34. The largest absolute Gasteiger partial charge is 0.327 e. The van der Waals surface area contributed by atoms with Crippen LogP contribution in [0.5, 0.6) is 0 Å². The summed E-state index contributed by atoms with van der Waals surface area (Å²) in [5, 5.41) is 11.7. The van der Waals surface area contributed by atoms with Gasteiger partial charge < -0.3 is 10.2 Å². The quantitative estimate of drug-likeness (QED) is 0.743. The first-order valence-corrected chi connectivity index (χ1v) is 9.61. The fourth-order valence-corrected chi connectivity index (χ4v) is 3.89. The minimum atomic E-state index is 0.0828. The first kappa shape index (κ1) is 17.7. The average molecular weight is 364 g/mol. The summed E-state index contributed by atoms with van der Waals surface area (Å²) in [6.07, 6.45) is 2.03. The van der Waals surface area contributed by atoms with Crippen molar-refractivity contribution >= 4 is 22.6 Å². The zero-order chi connectivity index (χ0) is 18.8. The molecular formula is C21H26N5O+. The predicted octanol–water partition coefficient (Wildman–Crippen LogP) is 1.91. The van der Waals surface area contributed by atoms with Crippen molar-refractivity contribution < 1.29 is 9.69 Å². The maximum Gasteiger partial charge on any atom is 0.279 e. The number of anilines is 1. The van der Waals surface area contributed by atoms with Gasteiger partial charge in [-0.1, -0.05) is 29.5 Å². The number of carbonyl (C=O) groups excluding carboxylic acids is 1. The van der Waals surface area contributed by atoms with Crippen LogP contribution < -0.4 is 10.2 Å². The van der Waals surface area contributed by atoms with E-state index < -0.39 is 0 Å². The summed E-state index contributed by atoms with van der Waals surface area (Å²) in [4.78, 5) is 13.7. The van der Waals surface area contributed by atoms with Crippen molar-refractivity contribution in [1.29, 1.82) is 0 Å². The molecular weight excluding hydrogens is 338 g/mol. The number of para-hydroxylation sites is 1. The topological polar surface area (TPSA) is 64.2 Å². The summed E-state index contributed by atoms with van der Waals surface area (Å²) in [6.45, 7) is 6.54. The molecule has 0 saturated carbocycles. The monoisotopic (exact) mass is 364 g/mol. The van der Waals surface area contributed by atoms with Crippen LogP contribution in [0.2, 0.25) is 0 Å². The third kappa shape index (κ3) is 3.85. The number of aromatic nitrogens is 3. The molecule has 0 atom stereocenters. The molecule has 3 aromatic rings. The molecule has 4 rings (SSSR count). The minimum Gasteiger partial charge on any atom is -0.327 e. The van der Waals surface area contributed by atoms with Crippen molar-refractivity contribution in [3.8, 4) is 0 Å². The van der Waals surface area contributed by atoms with Crippen LogP contribution in [0.15, 0.2) is 42.5 Å². The lowest BCUT2D eigenvalue weighted by molar-refractivity contribution is -0.897. The Morgan fingerprint density at radius 2 is 1.96 bits per heavy atom. The van der Waals surface area contributed by atoms with Crippen LogP contribution in [0.3, 0.4) is 0 Å². The van der Waals surface area contributed by atoms with E-state index in [-0.39, 0.29) is 5.91 Å². The highest BCUT2D eigenvalue weighted by molar-refractivity contribution is 5.92. The molecule has 1 aliphatic rings. The average Bonchev–Trinajstić information content (AvgIpc) is 3.07. The van der Waals surface area contributed by atoms with Gasteiger partial charge in [0.25, 0.3) is 5.91 Å². The molecule has 0 radical (unpaired) electrons. The van der Waals surface area contributed by atoms with Crippen LogP contribution in [-0.4, -0.2) is 40.5 Å². The molecule has 27 heavy (non-hydrogen) atoms. The number of fused-ring (bicyclic) bond motifs is 1. The number of benzene rings is 2. The van der Waals surface area contributed by atoms with Crippen molar-refractivity contribution in [1.82, 2.24) is 15.0 Å². The van der Waals surface area contributed by atoms with Crippen molar-refractivity contribution in [2.24, 2.45) is 0 Å². The van der Waals surface area contributed by atoms with Gasteiger partial charge in [0.05, 0.1) is 24.6 Å². The molecule has 1 amide bonds. The summed E-state index contributed by atoms with van der Waals surface area (Å²) in [5.41, 5.74) is 5.26. The highest BCUT2D eigenvalue weighted by atomic mass is 16.2. The highest BCUT2D eigenvalue weighted by Gasteiger charge is 2.26. The number of hydrogen-bond donors (Lipinski definition) is 2. The second-order valence-electron chi connectivity index (χ2n) is 7.55. The van der Waals surface area contributed by atoms with Crippen molar-refractivity contribution in [2.75, 3.05) is 25.0 Å². The molecule has 1 saturated heterocycles. The molecule has 0 aliphatic carbocycles. The third-order valence-corrected chi connectivity index (χ3v) is 5.46. The smallest absolute Gasteiger partial charge is 0.279 e. The Labute approximate surface area is 159 Å². The lowest BCUT2D eigenvalue weighted by Gasteiger charge is -2.29. The van der Waals surface area contributed by atoms with Gasteiger partial charge in [-0.05, 0) is 43.2 Å². The summed E-state index contributed by atoms with van der Waals surface area (Å²) >= 11 is 0. The number of aryl methyl sites for hydroxylation is 2. The van der Waals surface area contributed by atoms with Crippen LogP contribution in [0.4, 0.5) is 5.69 Å². The number of piperidine rings is 1. The summed E-state index contributed by atoms with van der Waals surface area (Å²) < 4.78 is 2.07. The number of nitrogens with zero attached hydrogens (tertiary/aromatic N) is 3. The molecule has 1 fully saturated rings. The Kier molecular flexibility index (Phi) is 4.90. The first-order chi connectivity index (χ1) is 13.1. The van der Waals surface area contributed by atoms with E-state index in [0.29, 0.717) is 12.6 Å². The molecule has 2 N–H and O–H groups in total. The molecule has 140 valence electrons. The number of hydrogen-bond acceptors (Lipinski definition) is 3. The van der Waals surface area contributed by atoms with Crippen LogP contribution >= 0.6 is 0 Å². The predicted molar refractivity (Wildman–Crippen MR) is 106 cm³/mol. The van der Waals surface area contributed by atoms with Gasteiger partial charge in [-0.3, -0.25) is 4.79 Å². The van der Waals surface area contributed by atoms with Gasteiger partial charge in [0.15, 0.2) is 6.54 Å². The SMILES string of the molecule is Cc1ccc2c(c1)nnn2C1CC[NH+](CC(=O)Nc2ccccc2C)CC1. The summed E-state index contributed by atoms with van der Waals surface area (Å²) in [7, 11) is 0. The number of quaternary nitrogens is 1. The normalized spacial score (nSPS) is 19.9. The van der Waals surface area contributed by atoms with E-state index in [9.17, 15) is 4.79 Å². The van der Waals surface area contributed by atoms with Gasteiger partial charge in [-0.15, -0.1) is 5.10 Å². The number of rotatable bonds is 4. The molecule has 0 spiro atoms. The van der Waals surface area contributed by atoms with Crippen LogP contribution in [0, 0.1) is 13.8 Å². The van der Waals surface area contributed by atoms with E-state index in [2.05, 4.69) is 45.4 Å². The molecule has 0 unspecified atom stereocenters. The van der Waals surface area contributed by atoms with E-state index in [1.807, 2.05) is 31.2 Å². The highest BCUT2D eigenvalue weighted by Crippen LogP contribution is 2.22. The van der Waals surface area contributed by atoms with E-state index in [0.717, 1.165) is 48.2 Å². The number of amides is 1. The van der Waals surface area contributed by atoms with Gasteiger partial charge in [0, 0.05) is 18.5 Å². The van der Waals surface area contributed by atoms with E-state index >= 15 is 0 Å². The fourth-order valence-electron chi connectivity index (χ4n) is 3.89. The van der Waals surface area contributed by atoms with Crippen molar-refractivity contribution in [3.05, 3.63) is 53.6 Å². The first-order valence-electron chi connectivity index (χ1n) is 9.61. The molecule has 6 nitrogen and oxygen atoms in total. The molecule has 0 bridgehead atoms. The van der Waals surface area contributed by atoms with Gasteiger partial charge in [-0.25, -0.2) is 4.68 Å².